The minimum Gasteiger partial charge on any atom is -0.376 e. The van der Waals surface area contributed by atoms with Crippen molar-refractivity contribution in [2.24, 2.45) is 0 Å². The van der Waals surface area contributed by atoms with Gasteiger partial charge in [0.25, 0.3) is 11.8 Å². The third kappa shape index (κ3) is 4.42. The number of amides is 2. The zero-order valence-corrected chi connectivity index (χ0v) is 21.1. The smallest absolute Gasteiger partial charge is 0.259 e. The van der Waals surface area contributed by atoms with E-state index in [0.717, 1.165) is 29.5 Å². The summed E-state index contributed by atoms with van der Waals surface area (Å²) >= 11 is 0. The number of anilines is 1. The van der Waals surface area contributed by atoms with E-state index >= 15 is 0 Å². The summed E-state index contributed by atoms with van der Waals surface area (Å²) in [6.45, 7) is 5.16. The van der Waals surface area contributed by atoms with Crippen molar-refractivity contribution in [1.82, 2.24) is 5.32 Å². The fourth-order valence-corrected chi connectivity index (χ4v) is 6.39. The predicted octanol–water partition coefficient (Wildman–Crippen LogP) is 4.21. The number of hydrogen-bond acceptors (Lipinski definition) is 5. The van der Waals surface area contributed by atoms with Crippen LogP contribution in [0.5, 0.6) is 0 Å². The Balaban J connectivity index is 1.60. The SMILES string of the molecule is Cc1ccc(C)c(CN2C(=O)c3ccccc3S(=O)(=O)c3ccc(C(=O)NC[C@@H]4CCCO4)cc32)c1. The molecule has 0 spiro atoms. The number of benzene rings is 3. The Labute approximate surface area is 211 Å². The number of ether oxygens (including phenoxy) is 1. The van der Waals surface area contributed by atoms with Gasteiger partial charge in [-0.05, 0) is 68.1 Å². The van der Waals surface area contributed by atoms with Crippen LogP contribution in [0.4, 0.5) is 5.69 Å². The summed E-state index contributed by atoms with van der Waals surface area (Å²) in [6.07, 6.45) is 1.83. The Kier molecular flexibility index (Phi) is 6.40. The molecule has 7 nitrogen and oxygen atoms in total. The van der Waals surface area contributed by atoms with Gasteiger partial charge in [-0.3, -0.25) is 9.59 Å². The van der Waals surface area contributed by atoms with Gasteiger partial charge in [0.15, 0.2) is 0 Å². The minimum absolute atomic E-state index is 0.00165. The Morgan fingerprint density at radius 1 is 1.06 bits per heavy atom. The fourth-order valence-electron chi connectivity index (χ4n) is 4.76. The first-order valence-corrected chi connectivity index (χ1v) is 13.5. The van der Waals surface area contributed by atoms with Crippen LogP contribution < -0.4 is 10.2 Å². The molecular formula is C28H28N2O5S. The van der Waals surface area contributed by atoms with Crippen molar-refractivity contribution in [3.05, 3.63) is 88.5 Å². The molecule has 2 amide bonds. The summed E-state index contributed by atoms with van der Waals surface area (Å²) < 4.78 is 32.9. The van der Waals surface area contributed by atoms with Crippen LogP contribution in [0, 0.1) is 13.8 Å². The Morgan fingerprint density at radius 2 is 1.86 bits per heavy atom. The molecule has 1 fully saturated rings. The molecule has 1 atom stereocenters. The van der Waals surface area contributed by atoms with Crippen molar-refractivity contribution in [3.63, 3.8) is 0 Å². The highest BCUT2D eigenvalue weighted by atomic mass is 32.2. The molecule has 0 unspecified atom stereocenters. The summed E-state index contributed by atoms with van der Waals surface area (Å²) in [5, 5.41) is 2.88. The van der Waals surface area contributed by atoms with Crippen LogP contribution in [0.15, 0.2) is 70.5 Å². The number of carbonyl (C=O) groups is 2. The molecule has 0 saturated carbocycles. The number of sulfone groups is 1. The van der Waals surface area contributed by atoms with Gasteiger partial charge >= 0.3 is 0 Å². The maximum Gasteiger partial charge on any atom is 0.259 e. The second kappa shape index (κ2) is 9.52. The number of carbonyl (C=O) groups excluding carboxylic acids is 2. The van der Waals surface area contributed by atoms with Crippen LogP contribution in [-0.2, 0) is 21.1 Å². The van der Waals surface area contributed by atoms with Crippen molar-refractivity contribution in [2.45, 2.75) is 49.1 Å². The van der Waals surface area contributed by atoms with Gasteiger partial charge < -0.3 is 15.0 Å². The van der Waals surface area contributed by atoms with Crippen molar-refractivity contribution < 1.29 is 22.7 Å². The highest BCUT2D eigenvalue weighted by Crippen LogP contribution is 2.38. The first-order chi connectivity index (χ1) is 17.3. The number of aryl methyl sites for hydroxylation is 2. The maximum absolute atomic E-state index is 13.8. The van der Waals surface area contributed by atoms with Crippen molar-refractivity contribution >= 4 is 27.3 Å². The quantitative estimate of drug-likeness (QED) is 0.562. The average Bonchev–Trinajstić information content (AvgIpc) is 3.39. The standard InChI is InChI=1S/C28H28N2O5S/c1-18-9-10-19(2)21(14-18)17-30-24-15-20(27(31)29-16-22-6-5-13-35-22)11-12-26(24)36(33,34)25-8-4-3-7-23(25)28(30)32/h3-4,7-12,14-15,22H,5-6,13,16-17H2,1-2H3,(H,29,31)/t22-/m0/s1. The molecule has 5 rings (SSSR count). The Bertz CT molecular complexity index is 1460. The van der Waals surface area contributed by atoms with Gasteiger partial charge in [-0.2, -0.15) is 0 Å². The molecule has 0 aliphatic carbocycles. The lowest BCUT2D eigenvalue weighted by Gasteiger charge is -2.24. The zero-order valence-electron chi connectivity index (χ0n) is 20.3. The van der Waals surface area contributed by atoms with E-state index in [1.54, 1.807) is 12.1 Å². The van der Waals surface area contributed by atoms with Crippen molar-refractivity contribution in [3.8, 4) is 0 Å². The van der Waals surface area contributed by atoms with Gasteiger partial charge in [-0.15, -0.1) is 0 Å². The molecule has 3 aromatic rings. The zero-order chi connectivity index (χ0) is 25.4. The molecule has 3 aromatic carbocycles. The van der Waals surface area contributed by atoms with Crippen molar-refractivity contribution in [1.29, 1.82) is 0 Å². The summed E-state index contributed by atoms with van der Waals surface area (Å²) in [7, 11) is -4.00. The lowest BCUT2D eigenvalue weighted by molar-refractivity contribution is 0.0857. The highest BCUT2D eigenvalue weighted by molar-refractivity contribution is 7.91. The lowest BCUT2D eigenvalue weighted by atomic mass is 10.0. The van der Waals surface area contributed by atoms with Crippen LogP contribution in [0.3, 0.4) is 0 Å². The van der Waals surface area contributed by atoms with E-state index in [1.807, 2.05) is 32.0 Å². The summed E-state index contributed by atoms with van der Waals surface area (Å²) in [5.41, 5.74) is 3.52. The molecule has 1 saturated heterocycles. The molecule has 0 radical (unpaired) electrons. The molecule has 1 N–H and O–H groups in total. The van der Waals surface area contributed by atoms with E-state index in [2.05, 4.69) is 5.32 Å². The lowest BCUT2D eigenvalue weighted by Crippen LogP contribution is -2.33. The summed E-state index contributed by atoms with van der Waals surface area (Å²) in [4.78, 5) is 28.2. The number of fused-ring (bicyclic) bond motifs is 2. The van der Waals surface area contributed by atoms with Crippen LogP contribution in [-0.4, -0.2) is 39.5 Å². The molecule has 8 heteroatoms. The molecular weight excluding hydrogens is 476 g/mol. The van der Waals surface area contributed by atoms with Crippen molar-refractivity contribution in [2.75, 3.05) is 18.1 Å². The second-order valence-electron chi connectivity index (χ2n) is 9.35. The van der Waals surface area contributed by atoms with E-state index in [-0.39, 0.29) is 45.2 Å². The van der Waals surface area contributed by atoms with Gasteiger partial charge in [-0.25, -0.2) is 8.42 Å². The molecule has 2 aliphatic rings. The Hall–Kier alpha value is -3.49. The number of nitrogens with zero attached hydrogens (tertiary/aromatic N) is 1. The van der Waals surface area contributed by atoms with Gasteiger partial charge in [-0.1, -0.05) is 35.9 Å². The first kappa shape index (κ1) is 24.2. The van der Waals surface area contributed by atoms with Crippen LogP contribution in [0.1, 0.15) is 50.2 Å². The second-order valence-corrected chi connectivity index (χ2v) is 11.2. The van der Waals surface area contributed by atoms with Gasteiger partial charge in [0.2, 0.25) is 9.84 Å². The summed E-state index contributed by atoms with van der Waals surface area (Å²) in [5.74, 6) is -0.766. The van der Waals surface area contributed by atoms with Crippen LogP contribution in [0.2, 0.25) is 0 Å². The predicted molar refractivity (Wildman–Crippen MR) is 136 cm³/mol. The van der Waals surface area contributed by atoms with Crippen LogP contribution >= 0.6 is 0 Å². The average molecular weight is 505 g/mol. The minimum atomic E-state index is -4.00. The largest absolute Gasteiger partial charge is 0.376 e. The molecule has 0 aromatic heterocycles. The van der Waals surface area contributed by atoms with E-state index in [0.29, 0.717) is 13.2 Å². The molecule has 0 bridgehead atoms. The topological polar surface area (TPSA) is 92.8 Å². The van der Waals surface area contributed by atoms with Gasteiger partial charge in [0, 0.05) is 18.7 Å². The Morgan fingerprint density at radius 3 is 2.64 bits per heavy atom. The number of rotatable bonds is 5. The van der Waals surface area contributed by atoms with E-state index < -0.39 is 15.7 Å². The van der Waals surface area contributed by atoms with Gasteiger partial charge in [0.05, 0.1) is 33.7 Å². The normalized spacial score (nSPS) is 18.3. The molecule has 36 heavy (non-hydrogen) atoms. The van der Waals surface area contributed by atoms with Gasteiger partial charge in [0.1, 0.15) is 0 Å². The summed E-state index contributed by atoms with van der Waals surface area (Å²) in [6, 6.07) is 16.6. The molecule has 2 aliphatic heterocycles. The first-order valence-electron chi connectivity index (χ1n) is 12.0. The van der Waals surface area contributed by atoms with Crippen LogP contribution in [0.25, 0.3) is 0 Å². The maximum atomic E-state index is 13.8. The van der Waals surface area contributed by atoms with E-state index in [1.165, 1.54) is 35.2 Å². The monoisotopic (exact) mass is 504 g/mol. The third-order valence-corrected chi connectivity index (χ3v) is 8.66. The fraction of sp³-hybridized carbons (Fsp3) is 0.286. The molecule has 2 heterocycles. The van der Waals surface area contributed by atoms with E-state index in [9.17, 15) is 18.0 Å². The molecule has 186 valence electrons. The highest BCUT2D eigenvalue weighted by Gasteiger charge is 2.36. The third-order valence-electron chi connectivity index (χ3n) is 6.80. The number of hydrogen-bond donors (Lipinski definition) is 1. The number of nitrogens with one attached hydrogen (secondary N) is 1. The van der Waals surface area contributed by atoms with E-state index in [4.69, 9.17) is 4.74 Å².